The first-order chi connectivity index (χ1) is 10.0. The van der Waals surface area contributed by atoms with Crippen LogP contribution >= 0.6 is 11.3 Å². The molecule has 1 unspecified atom stereocenters. The summed E-state index contributed by atoms with van der Waals surface area (Å²) in [5, 5.41) is 3.46. The van der Waals surface area contributed by atoms with Gasteiger partial charge in [0, 0.05) is 10.2 Å². The third kappa shape index (κ3) is 3.31. The second kappa shape index (κ2) is 5.58. The Kier molecular flexibility index (Phi) is 3.79. The smallest absolute Gasteiger partial charge is 0.123 e. The molecule has 0 bridgehead atoms. The minimum Gasteiger partial charge on any atom is -0.325 e. The maximum atomic E-state index is 13.3. The van der Waals surface area contributed by atoms with Crippen LogP contribution in [-0.2, 0) is 12.8 Å². The van der Waals surface area contributed by atoms with Crippen LogP contribution in [0.25, 0.3) is 10.1 Å². The molecule has 2 aromatic carbocycles. The van der Waals surface area contributed by atoms with Gasteiger partial charge in [0.05, 0.1) is 0 Å². The van der Waals surface area contributed by atoms with Crippen molar-refractivity contribution < 1.29 is 4.39 Å². The van der Waals surface area contributed by atoms with E-state index in [0.717, 1.165) is 12.0 Å². The predicted molar refractivity (Wildman–Crippen MR) is 88.2 cm³/mol. The Bertz CT molecular complexity index is 761. The van der Waals surface area contributed by atoms with E-state index in [4.69, 9.17) is 5.73 Å². The molecule has 108 valence electrons. The lowest BCUT2D eigenvalue weighted by Crippen LogP contribution is -2.40. The van der Waals surface area contributed by atoms with E-state index in [9.17, 15) is 4.39 Å². The highest BCUT2D eigenvalue weighted by atomic mass is 32.1. The lowest BCUT2D eigenvalue weighted by Gasteiger charge is -2.24. The van der Waals surface area contributed by atoms with Crippen LogP contribution in [0, 0.1) is 5.82 Å². The number of nitrogens with two attached hydrogens (primary N) is 1. The van der Waals surface area contributed by atoms with Gasteiger partial charge < -0.3 is 5.73 Å². The van der Waals surface area contributed by atoms with Gasteiger partial charge in [-0.2, -0.15) is 0 Å². The van der Waals surface area contributed by atoms with Crippen LogP contribution in [0.2, 0.25) is 0 Å². The fourth-order valence-electron chi connectivity index (χ4n) is 2.78. The minimum atomic E-state index is -0.391. The molecule has 0 fully saturated rings. The SMILES string of the molecule is CC(N)(Cc1cccc(F)c1)Cc1csc2ccccc12. The number of hydrogen-bond acceptors (Lipinski definition) is 2. The standard InChI is InChI=1S/C18H18FNS/c1-18(20,10-13-5-4-6-15(19)9-13)11-14-12-21-17-8-3-2-7-16(14)17/h2-9,12H,10-11,20H2,1H3. The molecule has 0 saturated carbocycles. The Morgan fingerprint density at radius 3 is 2.71 bits per heavy atom. The summed E-state index contributed by atoms with van der Waals surface area (Å²) >= 11 is 1.75. The molecule has 0 saturated heterocycles. The molecule has 1 aromatic heterocycles. The molecule has 0 amide bonds. The Morgan fingerprint density at radius 1 is 1.10 bits per heavy atom. The molecule has 1 atom stereocenters. The monoisotopic (exact) mass is 299 g/mol. The van der Waals surface area contributed by atoms with Crippen molar-refractivity contribution in [1.29, 1.82) is 0 Å². The molecule has 1 nitrogen and oxygen atoms in total. The van der Waals surface area contributed by atoms with Crippen LogP contribution in [0.5, 0.6) is 0 Å². The van der Waals surface area contributed by atoms with Crippen molar-refractivity contribution in [2.75, 3.05) is 0 Å². The lowest BCUT2D eigenvalue weighted by atomic mass is 9.87. The van der Waals surface area contributed by atoms with Crippen LogP contribution in [-0.4, -0.2) is 5.54 Å². The Hall–Kier alpha value is -1.71. The number of rotatable bonds is 4. The highest BCUT2D eigenvalue weighted by Gasteiger charge is 2.21. The van der Waals surface area contributed by atoms with Gasteiger partial charge in [-0.1, -0.05) is 30.3 Å². The molecular weight excluding hydrogens is 281 g/mol. The summed E-state index contributed by atoms with van der Waals surface area (Å²) in [7, 11) is 0. The highest BCUT2D eigenvalue weighted by molar-refractivity contribution is 7.17. The molecule has 21 heavy (non-hydrogen) atoms. The molecule has 0 aliphatic carbocycles. The van der Waals surface area contributed by atoms with E-state index in [-0.39, 0.29) is 5.82 Å². The van der Waals surface area contributed by atoms with Crippen molar-refractivity contribution in [3.63, 3.8) is 0 Å². The third-order valence-corrected chi connectivity index (χ3v) is 4.66. The Morgan fingerprint density at radius 2 is 1.90 bits per heavy atom. The molecule has 0 aliphatic rings. The van der Waals surface area contributed by atoms with Crippen molar-refractivity contribution in [2.45, 2.75) is 25.3 Å². The zero-order chi connectivity index (χ0) is 14.9. The number of fused-ring (bicyclic) bond motifs is 1. The molecule has 0 spiro atoms. The average Bonchev–Trinajstić information content (AvgIpc) is 2.81. The van der Waals surface area contributed by atoms with Crippen LogP contribution in [0.3, 0.4) is 0 Å². The largest absolute Gasteiger partial charge is 0.325 e. The van der Waals surface area contributed by atoms with Gasteiger partial charge in [-0.25, -0.2) is 4.39 Å². The molecule has 0 aliphatic heterocycles. The maximum Gasteiger partial charge on any atom is 0.123 e. The first-order valence-corrected chi connectivity index (χ1v) is 7.90. The van der Waals surface area contributed by atoms with E-state index in [0.29, 0.717) is 6.42 Å². The second-order valence-corrected chi connectivity index (χ2v) is 6.81. The quantitative estimate of drug-likeness (QED) is 0.752. The summed E-state index contributed by atoms with van der Waals surface area (Å²) in [5.41, 5.74) is 8.29. The van der Waals surface area contributed by atoms with Crippen molar-refractivity contribution in [2.24, 2.45) is 5.73 Å². The summed E-state index contributed by atoms with van der Waals surface area (Å²) in [6.45, 7) is 2.03. The third-order valence-electron chi connectivity index (χ3n) is 3.65. The molecule has 2 N–H and O–H groups in total. The first-order valence-electron chi connectivity index (χ1n) is 7.02. The van der Waals surface area contributed by atoms with Gasteiger partial charge in [-0.15, -0.1) is 11.3 Å². The van der Waals surface area contributed by atoms with E-state index < -0.39 is 5.54 Å². The van der Waals surface area contributed by atoms with E-state index in [1.54, 1.807) is 23.5 Å². The van der Waals surface area contributed by atoms with Crippen molar-refractivity contribution in [3.8, 4) is 0 Å². The number of benzene rings is 2. The predicted octanol–water partition coefficient (Wildman–Crippen LogP) is 4.54. The van der Waals surface area contributed by atoms with Crippen LogP contribution in [0.4, 0.5) is 4.39 Å². The molecule has 3 rings (SSSR count). The van der Waals surface area contributed by atoms with Gasteiger partial charge in [0.25, 0.3) is 0 Å². The van der Waals surface area contributed by atoms with Gasteiger partial charge in [0.2, 0.25) is 0 Å². The summed E-state index contributed by atoms with van der Waals surface area (Å²) < 4.78 is 14.6. The van der Waals surface area contributed by atoms with Crippen molar-refractivity contribution >= 4 is 21.4 Å². The normalized spacial score (nSPS) is 14.2. The number of halogens is 1. The molecule has 3 aromatic rings. The average molecular weight is 299 g/mol. The van der Waals surface area contributed by atoms with Crippen LogP contribution < -0.4 is 5.73 Å². The van der Waals surface area contributed by atoms with Gasteiger partial charge in [0.1, 0.15) is 5.82 Å². The Balaban J connectivity index is 1.82. The number of hydrogen-bond donors (Lipinski definition) is 1. The second-order valence-electron chi connectivity index (χ2n) is 5.89. The minimum absolute atomic E-state index is 0.204. The topological polar surface area (TPSA) is 26.0 Å². The fourth-order valence-corrected chi connectivity index (χ4v) is 3.74. The summed E-state index contributed by atoms with van der Waals surface area (Å²) in [4.78, 5) is 0. The van der Waals surface area contributed by atoms with Gasteiger partial charge in [-0.3, -0.25) is 0 Å². The zero-order valence-electron chi connectivity index (χ0n) is 12.0. The molecular formula is C18H18FNS. The van der Waals surface area contributed by atoms with E-state index in [1.807, 2.05) is 13.0 Å². The summed E-state index contributed by atoms with van der Waals surface area (Å²) in [6, 6.07) is 15.1. The summed E-state index contributed by atoms with van der Waals surface area (Å²) in [6.07, 6.45) is 1.45. The maximum absolute atomic E-state index is 13.3. The molecule has 1 heterocycles. The van der Waals surface area contributed by atoms with Crippen molar-refractivity contribution in [1.82, 2.24) is 0 Å². The van der Waals surface area contributed by atoms with Crippen LogP contribution in [0.15, 0.2) is 53.9 Å². The molecule has 3 heteroatoms. The van der Waals surface area contributed by atoms with Crippen molar-refractivity contribution in [3.05, 3.63) is 70.9 Å². The van der Waals surface area contributed by atoms with Gasteiger partial charge in [-0.05, 0) is 59.9 Å². The fraction of sp³-hybridized carbons (Fsp3) is 0.222. The van der Waals surface area contributed by atoms with Gasteiger partial charge in [0.15, 0.2) is 0 Å². The van der Waals surface area contributed by atoms with E-state index >= 15 is 0 Å². The highest BCUT2D eigenvalue weighted by Crippen LogP contribution is 2.29. The lowest BCUT2D eigenvalue weighted by molar-refractivity contribution is 0.463. The van der Waals surface area contributed by atoms with Crippen LogP contribution in [0.1, 0.15) is 18.1 Å². The first kappa shape index (κ1) is 14.2. The molecule has 0 radical (unpaired) electrons. The Labute approximate surface area is 128 Å². The van der Waals surface area contributed by atoms with E-state index in [2.05, 4.69) is 29.6 Å². The van der Waals surface area contributed by atoms with Gasteiger partial charge >= 0.3 is 0 Å². The summed E-state index contributed by atoms with van der Waals surface area (Å²) in [5.74, 6) is -0.204. The van der Waals surface area contributed by atoms with E-state index in [1.165, 1.54) is 21.7 Å². The number of thiophene rings is 1. The zero-order valence-corrected chi connectivity index (χ0v) is 12.8.